The molecule has 0 amide bonds. The molecule has 98 valence electrons. The van der Waals surface area contributed by atoms with Crippen molar-refractivity contribution in [1.82, 2.24) is 4.57 Å². The van der Waals surface area contributed by atoms with E-state index in [4.69, 9.17) is 0 Å². The number of nitrogens with zero attached hydrogens (tertiary/aromatic N) is 1. The first-order valence-corrected chi connectivity index (χ1v) is 6.56. The van der Waals surface area contributed by atoms with Gasteiger partial charge in [-0.3, -0.25) is 0 Å². The Bertz CT molecular complexity index is 736. The van der Waals surface area contributed by atoms with E-state index in [9.17, 15) is 0 Å². The first-order valence-electron chi connectivity index (χ1n) is 6.56. The molecule has 0 aliphatic rings. The monoisotopic (exact) mass is 251 g/mol. The van der Waals surface area contributed by atoms with Crippen molar-refractivity contribution in [3.8, 4) is 0 Å². The molecule has 0 aliphatic heterocycles. The minimum absolute atomic E-state index is 0.0156. The molecule has 0 spiro atoms. The minimum atomic E-state index is 0.0156. The average Bonchev–Trinajstić information content (AvgIpc) is 2.65. The number of fused-ring (bicyclic) bond motifs is 1. The van der Waals surface area contributed by atoms with Crippen LogP contribution in [0.4, 0.5) is 0 Å². The molecule has 2 rings (SSSR count). The highest BCUT2D eigenvalue weighted by molar-refractivity contribution is 5.83. The highest BCUT2D eigenvalue weighted by atomic mass is 15.0. The molecule has 1 heteroatoms. The first-order chi connectivity index (χ1) is 9.00. The molecule has 0 unspecified atom stereocenters. The Hall–Kier alpha value is -2.02. The lowest BCUT2D eigenvalue weighted by atomic mass is 10.1. The van der Waals surface area contributed by atoms with Gasteiger partial charge in [0.2, 0.25) is 0 Å². The number of para-hydroxylation sites is 1. The fraction of sp³-hybridized carbons (Fsp3) is 0.222. The van der Waals surface area contributed by atoms with Crippen molar-refractivity contribution < 1.29 is 0 Å². The van der Waals surface area contributed by atoms with Crippen LogP contribution in [-0.4, -0.2) is 4.57 Å². The second-order valence-electron chi connectivity index (χ2n) is 5.63. The Labute approximate surface area is 114 Å². The van der Waals surface area contributed by atoms with Gasteiger partial charge in [0.25, 0.3) is 0 Å². The van der Waals surface area contributed by atoms with Crippen LogP contribution in [0.25, 0.3) is 23.1 Å². The van der Waals surface area contributed by atoms with Crippen molar-refractivity contribution in [2.24, 2.45) is 0 Å². The van der Waals surface area contributed by atoms with Gasteiger partial charge in [-0.2, -0.15) is 0 Å². The van der Waals surface area contributed by atoms with Gasteiger partial charge in [-0.1, -0.05) is 49.6 Å². The molecule has 0 aliphatic carbocycles. The second-order valence-corrected chi connectivity index (χ2v) is 5.63. The molecule has 0 bridgehead atoms. The van der Waals surface area contributed by atoms with E-state index in [0.717, 1.165) is 0 Å². The van der Waals surface area contributed by atoms with Crippen molar-refractivity contribution in [2.45, 2.75) is 26.3 Å². The maximum Gasteiger partial charge on any atom is 0.0496 e. The van der Waals surface area contributed by atoms with Gasteiger partial charge in [0.1, 0.15) is 0 Å². The van der Waals surface area contributed by atoms with Gasteiger partial charge in [0.15, 0.2) is 0 Å². The lowest BCUT2D eigenvalue weighted by molar-refractivity contribution is 0.401. The van der Waals surface area contributed by atoms with E-state index in [1.807, 2.05) is 12.2 Å². The fourth-order valence-electron chi connectivity index (χ4n) is 2.58. The van der Waals surface area contributed by atoms with Gasteiger partial charge in [-0.25, -0.2) is 0 Å². The summed E-state index contributed by atoms with van der Waals surface area (Å²) in [4.78, 5) is 0. The van der Waals surface area contributed by atoms with Crippen LogP contribution in [-0.2, 0) is 5.54 Å². The zero-order valence-electron chi connectivity index (χ0n) is 12.0. The maximum atomic E-state index is 3.84. The average molecular weight is 251 g/mol. The summed E-state index contributed by atoms with van der Waals surface area (Å²) >= 11 is 0. The molecule has 19 heavy (non-hydrogen) atoms. The van der Waals surface area contributed by atoms with Crippen molar-refractivity contribution in [2.75, 3.05) is 0 Å². The van der Waals surface area contributed by atoms with Gasteiger partial charge in [0.05, 0.1) is 0 Å². The summed E-state index contributed by atoms with van der Waals surface area (Å²) in [6, 6.07) is 8.49. The number of aromatic nitrogens is 1. The Morgan fingerprint density at radius 1 is 1.00 bits per heavy atom. The Morgan fingerprint density at radius 3 is 2.21 bits per heavy atom. The molecule has 0 atom stereocenters. The van der Waals surface area contributed by atoms with E-state index >= 15 is 0 Å². The molecule has 0 fully saturated rings. The summed E-state index contributed by atoms with van der Waals surface area (Å²) in [6.07, 6.45) is 7.83. The SMILES string of the molecule is C=C/C=c1\c(=C/C=C)n(C(C)(C)C)c2ccccc12. The topological polar surface area (TPSA) is 4.93 Å². The van der Waals surface area contributed by atoms with E-state index in [1.165, 1.54) is 21.5 Å². The number of rotatable bonds is 2. The van der Waals surface area contributed by atoms with E-state index < -0.39 is 0 Å². The molecule has 1 heterocycles. The van der Waals surface area contributed by atoms with Crippen LogP contribution >= 0.6 is 0 Å². The normalized spacial score (nSPS) is 14.1. The van der Waals surface area contributed by atoms with Crippen LogP contribution in [0.2, 0.25) is 0 Å². The van der Waals surface area contributed by atoms with Crippen LogP contribution in [0, 0.1) is 0 Å². The van der Waals surface area contributed by atoms with Crippen LogP contribution in [0.3, 0.4) is 0 Å². The molecule has 0 radical (unpaired) electrons. The summed E-state index contributed by atoms with van der Waals surface area (Å²) in [7, 11) is 0. The zero-order valence-corrected chi connectivity index (χ0v) is 12.0. The Morgan fingerprint density at radius 2 is 1.63 bits per heavy atom. The predicted octanol–water partition coefficient (Wildman–Crippen LogP) is 3.33. The van der Waals surface area contributed by atoms with Gasteiger partial charge in [-0.05, 0) is 32.9 Å². The van der Waals surface area contributed by atoms with Gasteiger partial charge >= 0.3 is 0 Å². The molecule has 2 aromatic rings. The Balaban J connectivity index is 3.15. The van der Waals surface area contributed by atoms with E-state index in [1.54, 1.807) is 0 Å². The maximum absolute atomic E-state index is 3.84. The van der Waals surface area contributed by atoms with Crippen molar-refractivity contribution in [1.29, 1.82) is 0 Å². The van der Waals surface area contributed by atoms with Crippen LogP contribution in [0.15, 0.2) is 49.6 Å². The predicted molar refractivity (Wildman–Crippen MR) is 85.5 cm³/mol. The summed E-state index contributed by atoms with van der Waals surface area (Å²) in [5, 5.41) is 3.65. The minimum Gasteiger partial charge on any atom is -0.335 e. The third-order valence-corrected chi connectivity index (χ3v) is 3.18. The van der Waals surface area contributed by atoms with Crippen molar-refractivity contribution in [3.63, 3.8) is 0 Å². The lowest BCUT2D eigenvalue weighted by Gasteiger charge is -2.23. The zero-order chi connectivity index (χ0) is 14.0. The van der Waals surface area contributed by atoms with Gasteiger partial charge in [0, 0.05) is 27.0 Å². The molecular formula is C18H21N. The molecule has 0 saturated heterocycles. The molecular weight excluding hydrogens is 230 g/mol. The van der Waals surface area contributed by atoms with E-state index in [2.05, 4.69) is 74.9 Å². The summed E-state index contributed by atoms with van der Waals surface area (Å²) in [5.41, 5.74) is 1.26. The van der Waals surface area contributed by atoms with Crippen LogP contribution in [0.5, 0.6) is 0 Å². The van der Waals surface area contributed by atoms with Gasteiger partial charge < -0.3 is 4.57 Å². The standard InChI is InChI=1S/C18H21N/c1-6-10-14-15-12-8-9-13-17(15)19(18(3,4)5)16(14)11-7-2/h6-13H,1-2H2,3-5H3/b14-10-,16-11+. The summed E-state index contributed by atoms with van der Waals surface area (Å²) < 4.78 is 2.36. The molecule has 1 aromatic heterocycles. The largest absolute Gasteiger partial charge is 0.335 e. The quantitative estimate of drug-likeness (QED) is 0.771. The summed E-state index contributed by atoms with van der Waals surface area (Å²) in [6.45, 7) is 14.3. The molecule has 0 saturated carbocycles. The van der Waals surface area contributed by atoms with Crippen molar-refractivity contribution in [3.05, 3.63) is 60.1 Å². The van der Waals surface area contributed by atoms with E-state index in [0.29, 0.717) is 0 Å². The number of benzene rings is 1. The highest BCUT2D eigenvalue weighted by Gasteiger charge is 2.17. The van der Waals surface area contributed by atoms with E-state index in [-0.39, 0.29) is 5.54 Å². The van der Waals surface area contributed by atoms with Crippen molar-refractivity contribution >= 4 is 23.1 Å². The Kier molecular flexibility index (Phi) is 3.48. The first kappa shape index (κ1) is 13.4. The molecule has 0 N–H and O–H groups in total. The smallest absolute Gasteiger partial charge is 0.0496 e. The fourth-order valence-corrected chi connectivity index (χ4v) is 2.58. The number of hydrogen-bond acceptors (Lipinski definition) is 0. The molecule has 1 nitrogen and oxygen atoms in total. The van der Waals surface area contributed by atoms with Gasteiger partial charge in [-0.15, -0.1) is 0 Å². The summed E-state index contributed by atoms with van der Waals surface area (Å²) in [5.74, 6) is 0. The third-order valence-electron chi connectivity index (χ3n) is 3.18. The number of allylic oxidation sites excluding steroid dienone is 2. The lowest BCUT2D eigenvalue weighted by Crippen LogP contribution is -2.37. The third kappa shape index (κ3) is 2.28. The second kappa shape index (κ2) is 4.93. The van der Waals surface area contributed by atoms with Crippen LogP contribution < -0.4 is 10.6 Å². The van der Waals surface area contributed by atoms with Crippen LogP contribution in [0.1, 0.15) is 20.8 Å². The number of hydrogen-bond donors (Lipinski definition) is 0. The molecule has 1 aromatic carbocycles. The highest BCUT2D eigenvalue weighted by Crippen LogP contribution is 2.18.